The van der Waals surface area contributed by atoms with Gasteiger partial charge >= 0.3 is 5.69 Å². The number of benzene rings is 1. The van der Waals surface area contributed by atoms with Crippen LogP contribution in [-0.2, 0) is 0 Å². The molecule has 1 aromatic carbocycles. The average molecular weight is 437 g/mol. The van der Waals surface area contributed by atoms with Crippen LogP contribution in [0.25, 0.3) is 0 Å². The maximum atomic E-state index is 11.8. The highest BCUT2D eigenvalue weighted by Crippen LogP contribution is 2.32. The molecular formula is C19H19N9O4. The largest absolute Gasteiger partial charge is 0.355 e. The minimum absolute atomic E-state index is 0.00879. The van der Waals surface area contributed by atoms with Crippen LogP contribution in [0.1, 0.15) is 0 Å². The Balaban J connectivity index is 1.48. The normalized spacial score (nSPS) is 13.5. The van der Waals surface area contributed by atoms with Gasteiger partial charge < -0.3 is 9.80 Å². The molecule has 2 aromatic heterocycles. The molecule has 13 heteroatoms. The van der Waals surface area contributed by atoms with E-state index in [0.29, 0.717) is 31.9 Å². The molecule has 0 aliphatic carbocycles. The molecule has 1 saturated heterocycles. The molecule has 0 bridgehead atoms. The van der Waals surface area contributed by atoms with Crippen molar-refractivity contribution in [2.75, 3.05) is 46.8 Å². The smallest absolute Gasteiger partial charge is 0.353 e. The third-order valence-electron chi connectivity index (χ3n) is 4.94. The quantitative estimate of drug-likeness (QED) is 0.413. The van der Waals surface area contributed by atoms with Gasteiger partial charge in [-0.3, -0.25) is 31.1 Å². The number of hydrogen-bond acceptors (Lipinski definition) is 11. The molecule has 2 N–H and O–H groups in total. The summed E-state index contributed by atoms with van der Waals surface area (Å²) in [7, 11) is 0. The second-order valence-electron chi connectivity index (χ2n) is 6.87. The van der Waals surface area contributed by atoms with E-state index in [4.69, 9.17) is 0 Å². The zero-order chi connectivity index (χ0) is 22.5. The van der Waals surface area contributed by atoms with Gasteiger partial charge in [-0.1, -0.05) is 6.07 Å². The van der Waals surface area contributed by atoms with E-state index in [1.165, 1.54) is 30.6 Å². The third kappa shape index (κ3) is 4.45. The van der Waals surface area contributed by atoms with E-state index in [-0.39, 0.29) is 23.0 Å². The van der Waals surface area contributed by atoms with Crippen LogP contribution in [0.4, 0.5) is 34.5 Å². The number of aromatic nitrogens is 3. The van der Waals surface area contributed by atoms with Gasteiger partial charge in [-0.25, -0.2) is 15.0 Å². The molecule has 0 radical (unpaired) electrons. The number of nitro groups is 2. The van der Waals surface area contributed by atoms with Gasteiger partial charge in [0.25, 0.3) is 5.69 Å². The molecule has 0 saturated carbocycles. The lowest BCUT2D eigenvalue weighted by Crippen LogP contribution is -2.47. The fraction of sp³-hybridized carbons (Fsp3) is 0.211. The molecule has 0 spiro atoms. The van der Waals surface area contributed by atoms with E-state index < -0.39 is 9.85 Å². The van der Waals surface area contributed by atoms with Crippen LogP contribution in [0.5, 0.6) is 0 Å². The van der Waals surface area contributed by atoms with E-state index in [2.05, 4.69) is 30.7 Å². The van der Waals surface area contributed by atoms with Gasteiger partial charge in [0, 0.05) is 44.5 Å². The van der Waals surface area contributed by atoms with Crippen LogP contribution in [0.3, 0.4) is 0 Å². The fourth-order valence-electron chi connectivity index (χ4n) is 3.35. The molecule has 1 aliphatic heterocycles. The summed E-state index contributed by atoms with van der Waals surface area (Å²) in [6.07, 6.45) is 2.99. The van der Waals surface area contributed by atoms with E-state index in [1.54, 1.807) is 6.20 Å². The molecule has 0 atom stereocenters. The zero-order valence-corrected chi connectivity index (χ0v) is 16.8. The standard InChI is InChI=1S/C19H19N9O4/c29-27(30)15-6-4-14(5-7-15)23-24-18-17(28(31)32)19(22-13-21-18)26-11-9-25(10-12-26)16-3-1-2-8-20-16/h1-8,13,23H,9-12H2,(H,21,22,24). The number of nitro benzene ring substituents is 1. The molecule has 3 heterocycles. The van der Waals surface area contributed by atoms with Crippen molar-refractivity contribution in [3.63, 3.8) is 0 Å². The van der Waals surface area contributed by atoms with E-state index in [0.717, 1.165) is 5.82 Å². The SMILES string of the molecule is O=[N+]([O-])c1ccc(NNc2ncnc(N3CCN(c4ccccn4)CC3)c2[N+](=O)[O-])cc1. The Morgan fingerprint density at radius 1 is 0.812 bits per heavy atom. The third-order valence-corrected chi connectivity index (χ3v) is 4.94. The minimum Gasteiger partial charge on any atom is -0.353 e. The Kier molecular flexibility index (Phi) is 5.87. The predicted octanol–water partition coefficient (Wildman–Crippen LogP) is 2.45. The highest BCUT2D eigenvalue weighted by molar-refractivity contribution is 5.72. The van der Waals surface area contributed by atoms with Crippen LogP contribution in [0, 0.1) is 20.2 Å². The highest BCUT2D eigenvalue weighted by atomic mass is 16.6. The maximum absolute atomic E-state index is 11.8. The first kappa shape index (κ1) is 20.7. The Morgan fingerprint density at radius 2 is 1.53 bits per heavy atom. The summed E-state index contributed by atoms with van der Waals surface area (Å²) in [5.74, 6) is 1.07. The second kappa shape index (κ2) is 9.07. The maximum Gasteiger partial charge on any atom is 0.355 e. The number of pyridine rings is 1. The lowest BCUT2D eigenvalue weighted by Gasteiger charge is -2.35. The summed E-state index contributed by atoms with van der Waals surface area (Å²) >= 11 is 0. The first-order valence-electron chi connectivity index (χ1n) is 9.70. The predicted molar refractivity (Wildman–Crippen MR) is 118 cm³/mol. The van der Waals surface area contributed by atoms with Crippen LogP contribution in [0.2, 0.25) is 0 Å². The van der Waals surface area contributed by atoms with E-state index >= 15 is 0 Å². The first-order valence-corrected chi connectivity index (χ1v) is 9.70. The van der Waals surface area contributed by atoms with Crippen molar-refractivity contribution in [3.8, 4) is 0 Å². The van der Waals surface area contributed by atoms with Gasteiger partial charge in [0.2, 0.25) is 11.6 Å². The number of hydrazine groups is 1. The minimum atomic E-state index is -0.527. The van der Waals surface area contributed by atoms with Crippen LogP contribution < -0.4 is 20.7 Å². The Hall–Kier alpha value is -4.55. The average Bonchev–Trinajstić information content (AvgIpc) is 2.83. The molecule has 164 valence electrons. The van der Waals surface area contributed by atoms with Crippen molar-refractivity contribution < 1.29 is 9.85 Å². The van der Waals surface area contributed by atoms with E-state index in [1.807, 2.05) is 23.1 Å². The van der Waals surface area contributed by atoms with Gasteiger partial charge in [0.15, 0.2) is 0 Å². The zero-order valence-electron chi connectivity index (χ0n) is 16.8. The summed E-state index contributed by atoms with van der Waals surface area (Å²) in [4.78, 5) is 38.0. The number of nitrogens with one attached hydrogen (secondary N) is 2. The molecule has 3 aromatic rings. The second-order valence-corrected chi connectivity index (χ2v) is 6.87. The summed E-state index contributed by atoms with van der Waals surface area (Å²) in [6.45, 7) is 2.34. The molecule has 32 heavy (non-hydrogen) atoms. The van der Waals surface area contributed by atoms with Crippen molar-refractivity contribution in [2.24, 2.45) is 0 Å². The van der Waals surface area contributed by atoms with Crippen molar-refractivity contribution in [1.82, 2.24) is 15.0 Å². The molecular weight excluding hydrogens is 418 g/mol. The fourth-order valence-corrected chi connectivity index (χ4v) is 3.35. The lowest BCUT2D eigenvalue weighted by molar-refractivity contribution is -0.384. The first-order chi connectivity index (χ1) is 15.5. The number of rotatable bonds is 7. The topological polar surface area (TPSA) is 155 Å². The monoisotopic (exact) mass is 437 g/mol. The molecule has 0 amide bonds. The molecule has 1 fully saturated rings. The van der Waals surface area contributed by atoms with Crippen molar-refractivity contribution in [3.05, 3.63) is 75.2 Å². The summed E-state index contributed by atoms with van der Waals surface area (Å²) in [6, 6.07) is 11.3. The van der Waals surface area contributed by atoms with Gasteiger partial charge in [0.05, 0.1) is 15.5 Å². The Labute approximate surface area is 182 Å². The van der Waals surface area contributed by atoms with E-state index in [9.17, 15) is 20.2 Å². The number of nitrogens with zero attached hydrogens (tertiary/aromatic N) is 7. The van der Waals surface area contributed by atoms with Crippen molar-refractivity contribution in [2.45, 2.75) is 0 Å². The summed E-state index contributed by atoms with van der Waals surface area (Å²) in [5.41, 5.74) is 5.66. The molecule has 1 aliphatic rings. The molecule has 13 nitrogen and oxygen atoms in total. The van der Waals surface area contributed by atoms with Gasteiger partial charge in [-0.05, 0) is 24.3 Å². The van der Waals surface area contributed by atoms with Crippen LogP contribution in [0.15, 0.2) is 55.0 Å². The molecule has 4 rings (SSSR count). The van der Waals surface area contributed by atoms with Gasteiger partial charge in [-0.2, -0.15) is 0 Å². The highest BCUT2D eigenvalue weighted by Gasteiger charge is 2.29. The van der Waals surface area contributed by atoms with Crippen LogP contribution in [-0.4, -0.2) is 51.0 Å². The number of hydrogen-bond donors (Lipinski definition) is 2. The van der Waals surface area contributed by atoms with Crippen molar-refractivity contribution in [1.29, 1.82) is 0 Å². The molecule has 0 unspecified atom stereocenters. The van der Waals surface area contributed by atoms with Gasteiger partial charge in [0.1, 0.15) is 12.1 Å². The van der Waals surface area contributed by atoms with Gasteiger partial charge in [-0.15, -0.1) is 0 Å². The lowest BCUT2D eigenvalue weighted by atomic mass is 10.3. The van der Waals surface area contributed by atoms with Crippen molar-refractivity contribution >= 4 is 34.5 Å². The number of non-ortho nitro benzene ring substituents is 1. The van der Waals surface area contributed by atoms with Crippen LogP contribution >= 0.6 is 0 Å². The summed E-state index contributed by atoms with van der Waals surface area (Å²) < 4.78 is 0. The summed E-state index contributed by atoms with van der Waals surface area (Å²) in [5, 5.41) is 22.6. The number of anilines is 4. The Morgan fingerprint density at radius 3 is 2.16 bits per heavy atom. The number of piperazine rings is 1. The Bertz CT molecular complexity index is 1100.